The number of nitro benzene ring substituents is 1. The number of rotatable bonds is 6. The molecule has 128 valence electrons. The maximum Gasteiger partial charge on any atom is 0.269 e. The number of nitro groups is 1. The Hall–Kier alpha value is -1.66. The van der Waals surface area contributed by atoms with E-state index in [1.165, 1.54) is 12.1 Å². The van der Waals surface area contributed by atoms with E-state index in [1.54, 1.807) is 6.07 Å². The molecule has 1 unspecified atom stereocenters. The Balaban J connectivity index is 0.00000264. The number of halogens is 1. The highest BCUT2D eigenvalue weighted by molar-refractivity contribution is 5.85. The van der Waals surface area contributed by atoms with Gasteiger partial charge < -0.3 is 11.1 Å². The van der Waals surface area contributed by atoms with Crippen LogP contribution < -0.4 is 11.1 Å². The lowest BCUT2D eigenvalue weighted by atomic mass is 9.98. The Bertz CT molecular complexity index is 553. The summed E-state index contributed by atoms with van der Waals surface area (Å²) in [6, 6.07) is 6.34. The molecule has 1 saturated carbocycles. The predicted octanol–water partition coefficient (Wildman–Crippen LogP) is 3.10. The normalized spacial score (nSPS) is 21.3. The van der Waals surface area contributed by atoms with Crippen LogP contribution in [0.25, 0.3) is 0 Å². The van der Waals surface area contributed by atoms with Crippen LogP contribution in [0.5, 0.6) is 0 Å². The summed E-state index contributed by atoms with van der Waals surface area (Å²) in [5, 5.41) is 13.8. The molecule has 3 atom stereocenters. The molecule has 0 radical (unpaired) electrons. The number of nitrogens with zero attached hydrogens (tertiary/aromatic N) is 1. The van der Waals surface area contributed by atoms with Crippen molar-refractivity contribution in [2.75, 3.05) is 0 Å². The van der Waals surface area contributed by atoms with Gasteiger partial charge in [-0.3, -0.25) is 14.9 Å². The van der Waals surface area contributed by atoms with E-state index in [2.05, 4.69) is 5.32 Å². The van der Waals surface area contributed by atoms with E-state index in [4.69, 9.17) is 5.73 Å². The van der Waals surface area contributed by atoms with Gasteiger partial charge in [0.15, 0.2) is 0 Å². The molecule has 3 N–H and O–H groups in total. The van der Waals surface area contributed by atoms with E-state index >= 15 is 0 Å². The molecule has 23 heavy (non-hydrogen) atoms. The van der Waals surface area contributed by atoms with Gasteiger partial charge in [0, 0.05) is 24.6 Å². The van der Waals surface area contributed by atoms with Crippen molar-refractivity contribution in [2.24, 2.45) is 11.7 Å². The van der Waals surface area contributed by atoms with Gasteiger partial charge in [0.2, 0.25) is 5.91 Å². The lowest BCUT2D eigenvalue weighted by Crippen LogP contribution is -2.33. The summed E-state index contributed by atoms with van der Waals surface area (Å²) >= 11 is 0. The number of nitrogens with two attached hydrogens (primary N) is 1. The first-order valence-electron chi connectivity index (χ1n) is 7.80. The van der Waals surface area contributed by atoms with Crippen LogP contribution in [0.4, 0.5) is 5.69 Å². The van der Waals surface area contributed by atoms with Crippen LogP contribution in [-0.4, -0.2) is 16.9 Å². The molecule has 1 amide bonds. The SMILES string of the molecule is CCC(NC(=O)C[C@@H]1CCC[C@H]1N)c1cccc([N+](=O)[O-])c1.Cl. The third kappa shape index (κ3) is 5.18. The second-order valence-corrected chi connectivity index (χ2v) is 5.94. The van der Waals surface area contributed by atoms with E-state index in [1.807, 2.05) is 13.0 Å². The van der Waals surface area contributed by atoms with E-state index < -0.39 is 4.92 Å². The largest absolute Gasteiger partial charge is 0.349 e. The number of amides is 1. The summed E-state index contributed by atoms with van der Waals surface area (Å²) in [5.41, 5.74) is 6.81. The number of hydrogen-bond donors (Lipinski definition) is 2. The van der Waals surface area contributed by atoms with E-state index in [9.17, 15) is 14.9 Å². The van der Waals surface area contributed by atoms with Crippen molar-refractivity contribution in [1.29, 1.82) is 0 Å². The van der Waals surface area contributed by atoms with Crippen LogP contribution in [0.2, 0.25) is 0 Å². The van der Waals surface area contributed by atoms with Gasteiger partial charge in [-0.25, -0.2) is 0 Å². The summed E-state index contributed by atoms with van der Waals surface area (Å²) in [5.74, 6) is 0.225. The average Bonchev–Trinajstić information content (AvgIpc) is 2.90. The second kappa shape index (κ2) is 8.84. The van der Waals surface area contributed by atoms with Crippen LogP contribution in [0.1, 0.15) is 50.6 Å². The summed E-state index contributed by atoms with van der Waals surface area (Å²) in [7, 11) is 0. The lowest BCUT2D eigenvalue weighted by Gasteiger charge is -2.20. The summed E-state index contributed by atoms with van der Waals surface area (Å²) in [6.45, 7) is 1.95. The second-order valence-electron chi connectivity index (χ2n) is 5.94. The monoisotopic (exact) mass is 341 g/mol. The summed E-state index contributed by atoms with van der Waals surface area (Å²) in [4.78, 5) is 22.6. The molecule has 0 heterocycles. The molecule has 0 bridgehead atoms. The van der Waals surface area contributed by atoms with Gasteiger partial charge in [0.25, 0.3) is 5.69 Å². The number of hydrogen-bond acceptors (Lipinski definition) is 4. The molecule has 0 spiro atoms. The zero-order valence-electron chi connectivity index (χ0n) is 13.2. The van der Waals surface area contributed by atoms with Crippen LogP contribution in [0, 0.1) is 16.0 Å². The Morgan fingerprint density at radius 3 is 2.78 bits per heavy atom. The standard InChI is InChI=1S/C16H23N3O3.ClH/c1-2-15(12-6-3-7-13(9-12)19(21)22)18-16(20)10-11-5-4-8-14(11)17;/h3,6-7,9,11,14-15H,2,4-5,8,10,17H2,1H3,(H,18,20);1H/t11-,14+,15?;/m0./s1. The molecular formula is C16H24ClN3O3. The first-order valence-corrected chi connectivity index (χ1v) is 7.80. The maximum atomic E-state index is 12.2. The van der Waals surface area contributed by atoms with Gasteiger partial charge in [-0.05, 0) is 30.7 Å². The smallest absolute Gasteiger partial charge is 0.269 e. The number of nitrogens with one attached hydrogen (secondary N) is 1. The number of benzene rings is 1. The molecule has 1 fully saturated rings. The lowest BCUT2D eigenvalue weighted by molar-refractivity contribution is -0.384. The topological polar surface area (TPSA) is 98.3 Å². The molecule has 0 aliphatic heterocycles. The molecule has 0 aromatic heterocycles. The molecular weight excluding hydrogens is 318 g/mol. The summed E-state index contributed by atoms with van der Waals surface area (Å²) in [6.07, 6.45) is 4.19. The third-order valence-corrected chi connectivity index (χ3v) is 4.39. The van der Waals surface area contributed by atoms with Crippen LogP contribution >= 0.6 is 12.4 Å². The van der Waals surface area contributed by atoms with Crippen molar-refractivity contribution in [2.45, 2.75) is 51.1 Å². The van der Waals surface area contributed by atoms with Crippen molar-refractivity contribution in [3.05, 3.63) is 39.9 Å². The van der Waals surface area contributed by atoms with Crippen molar-refractivity contribution < 1.29 is 9.72 Å². The Kier molecular flexibility index (Phi) is 7.45. The van der Waals surface area contributed by atoms with Crippen LogP contribution in [-0.2, 0) is 4.79 Å². The Morgan fingerprint density at radius 1 is 1.48 bits per heavy atom. The molecule has 0 saturated heterocycles. The maximum absolute atomic E-state index is 12.2. The number of carbonyl (C=O) groups excluding carboxylic acids is 1. The molecule has 6 nitrogen and oxygen atoms in total. The van der Waals surface area contributed by atoms with E-state index in [0.717, 1.165) is 24.8 Å². The number of carbonyl (C=O) groups is 1. The van der Waals surface area contributed by atoms with Gasteiger partial charge in [-0.15, -0.1) is 12.4 Å². The van der Waals surface area contributed by atoms with Crippen molar-refractivity contribution in [3.63, 3.8) is 0 Å². The minimum atomic E-state index is -0.421. The average molecular weight is 342 g/mol. The van der Waals surface area contributed by atoms with Gasteiger partial charge in [-0.2, -0.15) is 0 Å². The van der Waals surface area contributed by atoms with Crippen LogP contribution in [0.15, 0.2) is 24.3 Å². The minimum Gasteiger partial charge on any atom is -0.349 e. The van der Waals surface area contributed by atoms with Gasteiger partial charge in [0.05, 0.1) is 11.0 Å². The first kappa shape index (κ1) is 19.4. The molecule has 7 heteroatoms. The zero-order chi connectivity index (χ0) is 16.1. The highest BCUT2D eigenvalue weighted by Crippen LogP contribution is 2.27. The quantitative estimate of drug-likeness (QED) is 0.613. The summed E-state index contributed by atoms with van der Waals surface area (Å²) < 4.78 is 0. The third-order valence-electron chi connectivity index (χ3n) is 4.39. The molecule has 1 aliphatic rings. The Morgan fingerprint density at radius 2 is 2.22 bits per heavy atom. The fourth-order valence-corrected chi connectivity index (χ4v) is 3.09. The highest BCUT2D eigenvalue weighted by atomic mass is 35.5. The molecule has 2 rings (SSSR count). The highest BCUT2D eigenvalue weighted by Gasteiger charge is 2.27. The fraction of sp³-hybridized carbons (Fsp3) is 0.562. The van der Waals surface area contributed by atoms with Crippen molar-refractivity contribution in [1.82, 2.24) is 5.32 Å². The minimum absolute atomic E-state index is 0. The zero-order valence-corrected chi connectivity index (χ0v) is 14.1. The van der Waals surface area contributed by atoms with Gasteiger partial charge in [-0.1, -0.05) is 25.5 Å². The molecule has 1 aromatic rings. The van der Waals surface area contributed by atoms with E-state index in [0.29, 0.717) is 12.8 Å². The fourth-order valence-electron chi connectivity index (χ4n) is 3.09. The molecule has 1 aliphatic carbocycles. The van der Waals surface area contributed by atoms with Crippen molar-refractivity contribution in [3.8, 4) is 0 Å². The predicted molar refractivity (Wildman–Crippen MR) is 91.5 cm³/mol. The van der Waals surface area contributed by atoms with Gasteiger partial charge in [0.1, 0.15) is 0 Å². The molecule has 1 aromatic carbocycles. The Labute approximate surface area is 142 Å². The van der Waals surface area contributed by atoms with Crippen LogP contribution in [0.3, 0.4) is 0 Å². The first-order chi connectivity index (χ1) is 10.5. The van der Waals surface area contributed by atoms with Gasteiger partial charge >= 0.3 is 0 Å². The number of non-ortho nitro benzene ring substituents is 1. The van der Waals surface area contributed by atoms with Crippen molar-refractivity contribution >= 4 is 24.0 Å². The van der Waals surface area contributed by atoms with E-state index in [-0.39, 0.29) is 42.0 Å².